The van der Waals surface area contributed by atoms with Crippen molar-refractivity contribution < 1.29 is 4.79 Å². The second kappa shape index (κ2) is 7.38. The number of carbonyl (C=O) groups is 1. The Balaban J connectivity index is 1.61. The zero-order valence-electron chi connectivity index (χ0n) is 14.5. The summed E-state index contributed by atoms with van der Waals surface area (Å²) >= 11 is 1.53. The minimum absolute atomic E-state index is 0.229. The van der Waals surface area contributed by atoms with Crippen molar-refractivity contribution in [1.29, 1.82) is 0 Å². The van der Waals surface area contributed by atoms with E-state index in [9.17, 15) is 4.79 Å². The molecule has 5 nitrogen and oxygen atoms in total. The van der Waals surface area contributed by atoms with Crippen molar-refractivity contribution >= 4 is 17.7 Å². The molecule has 0 spiro atoms. The molecule has 2 aromatic rings. The molecular weight excluding hydrogens is 320 g/mol. The first-order valence-electron chi connectivity index (χ1n) is 8.42. The highest BCUT2D eigenvalue weighted by Crippen LogP contribution is 2.33. The van der Waals surface area contributed by atoms with Crippen LogP contribution in [0.15, 0.2) is 23.4 Å². The lowest BCUT2D eigenvalue weighted by molar-refractivity contribution is -0.131. The minimum atomic E-state index is 0.229. The second-order valence-electron chi connectivity index (χ2n) is 6.47. The molecule has 1 aromatic carbocycles. The molecule has 1 aliphatic heterocycles. The van der Waals surface area contributed by atoms with Gasteiger partial charge < -0.3 is 4.90 Å². The molecule has 2 heterocycles. The van der Waals surface area contributed by atoms with Crippen LogP contribution in [0.5, 0.6) is 0 Å². The van der Waals surface area contributed by atoms with Gasteiger partial charge in [0.1, 0.15) is 5.82 Å². The number of aromatic amines is 1. The topological polar surface area (TPSA) is 61.9 Å². The number of hydrogen-bond acceptors (Lipinski definition) is 4. The number of hydrogen-bond donors (Lipinski definition) is 1. The maximum atomic E-state index is 12.7. The molecule has 1 aromatic heterocycles. The lowest BCUT2D eigenvalue weighted by Gasteiger charge is -2.25. The Bertz CT molecular complexity index is 707. The van der Waals surface area contributed by atoms with Gasteiger partial charge in [-0.3, -0.25) is 9.89 Å². The van der Waals surface area contributed by atoms with Gasteiger partial charge in [-0.15, -0.1) is 5.10 Å². The third-order valence-corrected chi connectivity index (χ3v) is 5.17. The lowest BCUT2D eigenvalue weighted by Crippen LogP contribution is -2.30. The Morgan fingerprint density at radius 1 is 1.29 bits per heavy atom. The first kappa shape index (κ1) is 17.0. The molecule has 24 heavy (non-hydrogen) atoms. The third kappa shape index (κ3) is 3.98. The summed E-state index contributed by atoms with van der Waals surface area (Å²) in [5.74, 6) is 1.75. The Morgan fingerprint density at radius 3 is 2.71 bits per heavy atom. The van der Waals surface area contributed by atoms with Gasteiger partial charge in [-0.1, -0.05) is 41.1 Å². The highest BCUT2D eigenvalue weighted by Gasteiger charge is 2.29. The summed E-state index contributed by atoms with van der Waals surface area (Å²) in [5.41, 5.74) is 3.80. The van der Waals surface area contributed by atoms with Crippen molar-refractivity contribution in [3.05, 3.63) is 40.7 Å². The van der Waals surface area contributed by atoms with E-state index < -0.39 is 0 Å². The van der Waals surface area contributed by atoms with Gasteiger partial charge in [-0.25, -0.2) is 4.98 Å². The van der Waals surface area contributed by atoms with Crippen LogP contribution >= 0.6 is 11.8 Å². The Morgan fingerprint density at radius 2 is 2.04 bits per heavy atom. The monoisotopic (exact) mass is 344 g/mol. The summed E-state index contributed by atoms with van der Waals surface area (Å²) < 4.78 is 0. The van der Waals surface area contributed by atoms with Crippen LogP contribution in [-0.2, 0) is 4.79 Å². The summed E-state index contributed by atoms with van der Waals surface area (Å²) in [6.07, 6.45) is 2.66. The van der Waals surface area contributed by atoms with E-state index in [1.54, 1.807) is 0 Å². The number of rotatable bonds is 5. The Labute approximate surface area is 147 Å². The fraction of sp³-hybridized carbons (Fsp3) is 0.500. The first-order valence-corrected chi connectivity index (χ1v) is 9.41. The molecular formula is C18H24N4OS. The normalized spacial score (nSPS) is 17.5. The van der Waals surface area contributed by atoms with E-state index >= 15 is 0 Å². The average Bonchev–Trinajstić information content (AvgIpc) is 3.15. The zero-order chi connectivity index (χ0) is 17.1. The number of likely N-dealkylation sites (tertiary alicyclic amines) is 1. The quantitative estimate of drug-likeness (QED) is 0.842. The molecule has 0 bridgehead atoms. The van der Waals surface area contributed by atoms with Crippen molar-refractivity contribution in [1.82, 2.24) is 20.1 Å². The number of carbonyl (C=O) groups excluding carboxylic acids is 1. The largest absolute Gasteiger partial charge is 0.336 e. The molecule has 1 atom stereocenters. The van der Waals surface area contributed by atoms with Crippen LogP contribution < -0.4 is 0 Å². The molecule has 3 rings (SSSR count). The van der Waals surface area contributed by atoms with Crippen LogP contribution in [0.4, 0.5) is 0 Å². The van der Waals surface area contributed by atoms with Gasteiger partial charge in [-0.2, -0.15) is 0 Å². The zero-order valence-corrected chi connectivity index (χ0v) is 15.3. The van der Waals surface area contributed by atoms with Crippen LogP contribution in [0.2, 0.25) is 0 Å². The molecule has 1 fully saturated rings. The smallest absolute Gasteiger partial charge is 0.223 e. The van der Waals surface area contributed by atoms with Gasteiger partial charge in [0, 0.05) is 18.7 Å². The van der Waals surface area contributed by atoms with E-state index in [1.807, 2.05) is 6.92 Å². The Kier molecular flexibility index (Phi) is 5.23. The first-order chi connectivity index (χ1) is 11.5. The van der Waals surface area contributed by atoms with Gasteiger partial charge in [0.15, 0.2) is 0 Å². The van der Waals surface area contributed by atoms with Crippen LogP contribution in [0, 0.1) is 20.8 Å². The number of aromatic nitrogens is 3. The highest BCUT2D eigenvalue weighted by molar-refractivity contribution is 7.99. The number of benzene rings is 1. The van der Waals surface area contributed by atoms with Crippen LogP contribution in [-0.4, -0.2) is 38.3 Å². The number of amides is 1. The third-order valence-electron chi connectivity index (χ3n) is 4.33. The van der Waals surface area contributed by atoms with Crippen molar-refractivity contribution in [2.24, 2.45) is 0 Å². The average molecular weight is 344 g/mol. The molecule has 6 heteroatoms. The SMILES string of the molecule is Cc1cc(C)cc([C@H]2CCCN2C(=O)CCSc2n[nH]c(C)n2)c1. The lowest BCUT2D eigenvalue weighted by atomic mass is 9.99. The van der Waals surface area contributed by atoms with E-state index in [0.717, 1.165) is 25.2 Å². The van der Waals surface area contributed by atoms with Gasteiger partial charge in [0.2, 0.25) is 11.1 Å². The number of thioether (sulfide) groups is 1. The minimum Gasteiger partial charge on any atom is -0.336 e. The standard InChI is InChI=1S/C18H24N4OS/c1-12-9-13(2)11-15(10-12)16-5-4-7-22(16)17(23)6-8-24-18-19-14(3)20-21-18/h9-11,16H,4-8H2,1-3H3,(H,19,20,21)/t16-/m1/s1. The summed E-state index contributed by atoms with van der Waals surface area (Å²) in [5, 5.41) is 7.63. The molecule has 128 valence electrons. The summed E-state index contributed by atoms with van der Waals surface area (Å²) in [7, 11) is 0. The predicted octanol–water partition coefficient (Wildman–Crippen LogP) is 3.58. The van der Waals surface area contributed by atoms with Crippen molar-refractivity contribution in [3.63, 3.8) is 0 Å². The van der Waals surface area contributed by atoms with Gasteiger partial charge in [0.25, 0.3) is 0 Å². The fourth-order valence-electron chi connectivity index (χ4n) is 3.37. The van der Waals surface area contributed by atoms with E-state index in [-0.39, 0.29) is 11.9 Å². The van der Waals surface area contributed by atoms with Crippen LogP contribution in [0.25, 0.3) is 0 Å². The van der Waals surface area contributed by atoms with Crippen molar-refractivity contribution in [2.75, 3.05) is 12.3 Å². The molecule has 1 aliphatic rings. The second-order valence-corrected chi connectivity index (χ2v) is 7.53. The van der Waals surface area contributed by atoms with Crippen molar-refractivity contribution in [2.45, 2.75) is 51.2 Å². The van der Waals surface area contributed by atoms with E-state index in [2.05, 4.69) is 52.1 Å². The molecule has 0 saturated carbocycles. The predicted molar refractivity (Wildman–Crippen MR) is 96.1 cm³/mol. The fourth-order valence-corrected chi connectivity index (χ4v) is 4.14. The maximum absolute atomic E-state index is 12.7. The summed E-state index contributed by atoms with van der Waals surface area (Å²) in [6.45, 7) is 6.97. The van der Waals surface area contributed by atoms with Crippen LogP contribution in [0.1, 0.15) is 47.8 Å². The molecule has 0 unspecified atom stereocenters. The highest BCUT2D eigenvalue weighted by atomic mass is 32.2. The van der Waals surface area contributed by atoms with Gasteiger partial charge in [0.05, 0.1) is 6.04 Å². The Hall–Kier alpha value is -1.82. The molecule has 1 saturated heterocycles. The van der Waals surface area contributed by atoms with Gasteiger partial charge in [-0.05, 0) is 39.2 Å². The number of aryl methyl sites for hydroxylation is 3. The van der Waals surface area contributed by atoms with E-state index in [1.165, 1.54) is 28.5 Å². The van der Waals surface area contributed by atoms with Crippen LogP contribution in [0.3, 0.4) is 0 Å². The number of nitrogens with zero attached hydrogens (tertiary/aromatic N) is 3. The van der Waals surface area contributed by atoms with E-state index in [0.29, 0.717) is 17.3 Å². The molecule has 1 N–H and O–H groups in total. The van der Waals surface area contributed by atoms with E-state index in [4.69, 9.17) is 0 Å². The summed E-state index contributed by atoms with van der Waals surface area (Å²) in [6, 6.07) is 6.84. The van der Waals surface area contributed by atoms with Crippen molar-refractivity contribution in [3.8, 4) is 0 Å². The number of nitrogens with one attached hydrogen (secondary N) is 1. The maximum Gasteiger partial charge on any atom is 0.223 e. The molecule has 0 radical (unpaired) electrons. The van der Waals surface area contributed by atoms with Gasteiger partial charge >= 0.3 is 0 Å². The molecule has 1 amide bonds. The molecule has 0 aliphatic carbocycles. The summed E-state index contributed by atoms with van der Waals surface area (Å²) in [4.78, 5) is 19.0. The number of H-pyrrole nitrogens is 1.